The molecule has 1 unspecified atom stereocenters. The fourth-order valence-corrected chi connectivity index (χ4v) is 4.36. The van der Waals surface area contributed by atoms with Crippen molar-refractivity contribution in [1.82, 2.24) is 10.3 Å². The molecule has 0 saturated carbocycles. The topological polar surface area (TPSA) is 34.1 Å². The van der Waals surface area contributed by atoms with Crippen molar-refractivity contribution in [3.63, 3.8) is 0 Å². The minimum Gasteiger partial charge on any atom is -0.492 e. The van der Waals surface area contributed by atoms with Gasteiger partial charge in [0.25, 0.3) is 0 Å². The highest BCUT2D eigenvalue weighted by Crippen LogP contribution is 2.35. The Hall–Kier alpha value is -1.39. The van der Waals surface area contributed by atoms with Crippen molar-refractivity contribution in [2.75, 3.05) is 13.7 Å². The lowest BCUT2D eigenvalue weighted by Crippen LogP contribution is -2.16. The van der Waals surface area contributed by atoms with E-state index in [1.165, 1.54) is 36.1 Å². The third-order valence-corrected chi connectivity index (χ3v) is 5.27. The van der Waals surface area contributed by atoms with Gasteiger partial charge in [0, 0.05) is 16.0 Å². The molecular formula is C17H22N2OS. The molecule has 1 aliphatic rings. The Bertz CT molecular complexity index is 585. The van der Waals surface area contributed by atoms with Crippen molar-refractivity contribution >= 4 is 11.3 Å². The number of ether oxygens (including phenoxy) is 1. The second-order valence-electron chi connectivity index (χ2n) is 5.41. The summed E-state index contributed by atoms with van der Waals surface area (Å²) in [7, 11) is 2.01. The lowest BCUT2D eigenvalue weighted by Gasteiger charge is -2.15. The van der Waals surface area contributed by atoms with Gasteiger partial charge in [0.15, 0.2) is 0 Å². The van der Waals surface area contributed by atoms with Crippen LogP contribution in [0.15, 0.2) is 24.5 Å². The van der Waals surface area contributed by atoms with E-state index < -0.39 is 0 Å². The van der Waals surface area contributed by atoms with Crippen molar-refractivity contribution in [1.29, 1.82) is 0 Å². The van der Waals surface area contributed by atoms with Gasteiger partial charge in [-0.05, 0) is 62.9 Å². The second-order valence-corrected chi connectivity index (χ2v) is 6.58. The summed E-state index contributed by atoms with van der Waals surface area (Å²) in [5, 5.41) is 3.43. The number of fused-ring (bicyclic) bond motifs is 1. The van der Waals surface area contributed by atoms with Gasteiger partial charge in [-0.3, -0.25) is 4.98 Å². The number of nitrogens with zero attached hydrogens (tertiary/aromatic N) is 1. The van der Waals surface area contributed by atoms with Crippen LogP contribution in [0.3, 0.4) is 0 Å². The van der Waals surface area contributed by atoms with Gasteiger partial charge in [-0.25, -0.2) is 0 Å². The molecule has 1 atom stereocenters. The molecule has 2 aromatic rings. The number of rotatable bonds is 5. The molecule has 0 fully saturated rings. The molecule has 2 aromatic heterocycles. The Morgan fingerprint density at radius 1 is 1.29 bits per heavy atom. The van der Waals surface area contributed by atoms with Crippen molar-refractivity contribution in [2.24, 2.45) is 0 Å². The monoisotopic (exact) mass is 302 g/mol. The van der Waals surface area contributed by atoms with Crippen molar-refractivity contribution in [2.45, 2.75) is 38.6 Å². The van der Waals surface area contributed by atoms with Gasteiger partial charge in [-0.2, -0.15) is 0 Å². The standard InChI is InChI=1S/C17H22N2OS/c1-3-20-14-8-13(10-19-11-14)17(18-2)16-9-12-6-4-5-7-15(12)21-16/h8-11,17-18H,3-7H2,1-2H3. The normalized spacial score (nSPS) is 15.5. The van der Waals surface area contributed by atoms with Crippen molar-refractivity contribution in [3.05, 3.63) is 45.4 Å². The van der Waals surface area contributed by atoms with E-state index in [4.69, 9.17) is 4.74 Å². The summed E-state index contributed by atoms with van der Waals surface area (Å²) in [6.07, 6.45) is 8.85. The molecule has 0 aromatic carbocycles. The molecule has 0 radical (unpaired) electrons. The minimum atomic E-state index is 0.202. The lowest BCUT2D eigenvalue weighted by molar-refractivity contribution is 0.338. The van der Waals surface area contributed by atoms with Gasteiger partial charge < -0.3 is 10.1 Å². The van der Waals surface area contributed by atoms with Crippen molar-refractivity contribution < 1.29 is 4.74 Å². The number of hydrogen-bond donors (Lipinski definition) is 1. The van der Waals surface area contributed by atoms with Gasteiger partial charge in [0.1, 0.15) is 5.75 Å². The van der Waals surface area contributed by atoms with Crippen LogP contribution in [-0.4, -0.2) is 18.6 Å². The van der Waals surface area contributed by atoms with E-state index in [0.29, 0.717) is 6.61 Å². The highest BCUT2D eigenvalue weighted by molar-refractivity contribution is 7.12. The predicted octanol–water partition coefficient (Wildman–Crippen LogP) is 3.73. The average Bonchev–Trinajstić information content (AvgIpc) is 2.92. The summed E-state index contributed by atoms with van der Waals surface area (Å²) in [6.45, 7) is 2.66. The maximum absolute atomic E-state index is 5.57. The van der Waals surface area contributed by atoms with Crippen LogP contribution in [0.1, 0.15) is 46.7 Å². The molecule has 3 rings (SSSR count). The fourth-order valence-electron chi connectivity index (χ4n) is 2.97. The Morgan fingerprint density at radius 3 is 2.90 bits per heavy atom. The van der Waals surface area contributed by atoms with Crippen LogP contribution in [0.2, 0.25) is 0 Å². The molecule has 21 heavy (non-hydrogen) atoms. The zero-order valence-electron chi connectivity index (χ0n) is 12.7. The predicted molar refractivity (Wildman–Crippen MR) is 87.3 cm³/mol. The van der Waals surface area contributed by atoms with E-state index in [9.17, 15) is 0 Å². The van der Waals surface area contributed by atoms with Gasteiger partial charge >= 0.3 is 0 Å². The number of nitrogens with one attached hydrogen (secondary N) is 1. The van der Waals surface area contributed by atoms with Crippen LogP contribution in [0.4, 0.5) is 0 Å². The highest BCUT2D eigenvalue weighted by atomic mass is 32.1. The fraction of sp³-hybridized carbons (Fsp3) is 0.471. The Kier molecular flexibility index (Phi) is 4.56. The number of pyridine rings is 1. The molecule has 2 heterocycles. The van der Waals surface area contributed by atoms with Crippen molar-refractivity contribution in [3.8, 4) is 5.75 Å². The molecular weight excluding hydrogens is 280 g/mol. The second kappa shape index (κ2) is 6.58. The number of thiophene rings is 1. The first kappa shape index (κ1) is 14.5. The van der Waals surface area contributed by atoms with E-state index in [1.54, 1.807) is 16.6 Å². The first-order valence-corrected chi connectivity index (χ1v) is 8.50. The average molecular weight is 302 g/mol. The van der Waals surface area contributed by atoms with Crippen LogP contribution in [0, 0.1) is 0 Å². The largest absolute Gasteiger partial charge is 0.492 e. The van der Waals surface area contributed by atoms with E-state index >= 15 is 0 Å². The summed E-state index contributed by atoms with van der Waals surface area (Å²) in [4.78, 5) is 7.28. The molecule has 4 heteroatoms. The maximum Gasteiger partial charge on any atom is 0.137 e. The summed E-state index contributed by atoms with van der Waals surface area (Å²) < 4.78 is 5.57. The quantitative estimate of drug-likeness (QED) is 0.914. The van der Waals surface area contributed by atoms with Crippen LogP contribution >= 0.6 is 11.3 Å². The smallest absolute Gasteiger partial charge is 0.137 e. The molecule has 1 N–H and O–H groups in total. The third-order valence-electron chi connectivity index (χ3n) is 3.97. The van der Waals surface area contributed by atoms with Crippen LogP contribution in [0.5, 0.6) is 5.75 Å². The Balaban J connectivity index is 1.90. The Labute approximate surface area is 130 Å². The van der Waals surface area contributed by atoms with Gasteiger partial charge in [-0.1, -0.05) is 0 Å². The minimum absolute atomic E-state index is 0.202. The molecule has 112 valence electrons. The first-order chi connectivity index (χ1) is 10.3. The number of hydrogen-bond acceptors (Lipinski definition) is 4. The molecule has 0 amide bonds. The third kappa shape index (κ3) is 3.11. The molecule has 3 nitrogen and oxygen atoms in total. The number of aryl methyl sites for hydroxylation is 2. The Morgan fingerprint density at radius 2 is 2.14 bits per heavy atom. The van der Waals surface area contributed by atoms with E-state index in [1.807, 2.05) is 31.5 Å². The first-order valence-electron chi connectivity index (χ1n) is 7.68. The summed E-state index contributed by atoms with van der Waals surface area (Å²) in [6, 6.07) is 4.68. The summed E-state index contributed by atoms with van der Waals surface area (Å²) in [5.41, 5.74) is 2.72. The zero-order valence-corrected chi connectivity index (χ0v) is 13.5. The van der Waals surface area contributed by atoms with E-state index in [2.05, 4.69) is 22.4 Å². The van der Waals surface area contributed by atoms with Crippen LogP contribution in [0.25, 0.3) is 0 Å². The molecule has 0 bridgehead atoms. The zero-order chi connectivity index (χ0) is 14.7. The molecule has 0 spiro atoms. The van der Waals surface area contributed by atoms with Gasteiger partial charge in [-0.15, -0.1) is 11.3 Å². The van der Waals surface area contributed by atoms with Gasteiger partial charge in [0.05, 0.1) is 18.8 Å². The van der Waals surface area contributed by atoms with E-state index in [-0.39, 0.29) is 6.04 Å². The molecule has 1 aliphatic carbocycles. The van der Waals surface area contributed by atoms with Gasteiger partial charge in [0.2, 0.25) is 0 Å². The maximum atomic E-state index is 5.57. The van der Waals surface area contributed by atoms with Crippen LogP contribution in [-0.2, 0) is 12.8 Å². The lowest BCUT2D eigenvalue weighted by atomic mass is 9.98. The van der Waals surface area contributed by atoms with Crippen LogP contribution < -0.4 is 10.1 Å². The number of aromatic nitrogens is 1. The SMILES string of the molecule is CCOc1cncc(C(NC)c2cc3c(s2)CCCC3)c1. The molecule has 0 aliphatic heterocycles. The highest BCUT2D eigenvalue weighted by Gasteiger charge is 2.20. The summed E-state index contributed by atoms with van der Waals surface area (Å²) >= 11 is 1.95. The summed E-state index contributed by atoms with van der Waals surface area (Å²) in [5.74, 6) is 0.844. The molecule has 0 saturated heterocycles. The van der Waals surface area contributed by atoms with E-state index in [0.717, 1.165) is 5.75 Å².